The summed E-state index contributed by atoms with van der Waals surface area (Å²) in [5.41, 5.74) is 2.93. The minimum Gasteiger partial charge on any atom is -0.387 e. The molecule has 1 fully saturated rings. The zero-order valence-electron chi connectivity index (χ0n) is 14.9. The highest BCUT2D eigenvalue weighted by Gasteiger charge is 2.20. The minimum absolute atomic E-state index is 0.204. The molecule has 27 heavy (non-hydrogen) atoms. The first-order valence-electron chi connectivity index (χ1n) is 8.95. The van der Waals surface area contributed by atoms with Crippen LogP contribution in [0, 0.1) is 0 Å². The van der Waals surface area contributed by atoms with Gasteiger partial charge in [0.05, 0.1) is 5.52 Å². The molecule has 2 heterocycles. The van der Waals surface area contributed by atoms with Gasteiger partial charge < -0.3 is 20.2 Å². The quantitative estimate of drug-likeness (QED) is 0.738. The number of aliphatic hydroxyl groups excluding tert-OH is 1. The van der Waals surface area contributed by atoms with E-state index in [0.717, 1.165) is 35.4 Å². The molecule has 7 heteroatoms. The lowest BCUT2D eigenvalue weighted by atomic mass is 10.2. The van der Waals surface area contributed by atoms with Crippen molar-refractivity contribution in [2.45, 2.75) is 0 Å². The van der Waals surface area contributed by atoms with Crippen molar-refractivity contribution in [1.82, 2.24) is 14.9 Å². The molecule has 7 nitrogen and oxygen atoms in total. The maximum absolute atomic E-state index is 11.5. The smallest absolute Gasteiger partial charge is 0.248 e. The summed E-state index contributed by atoms with van der Waals surface area (Å²) in [4.78, 5) is 24.4. The Morgan fingerprint density at radius 2 is 1.78 bits per heavy atom. The Kier molecular flexibility index (Phi) is 4.84. The molecule has 2 aromatic carbocycles. The number of carbonyl (C=O) groups excluding carboxylic acids is 1. The number of benzene rings is 2. The van der Waals surface area contributed by atoms with Crippen LogP contribution in [0.4, 0.5) is 17.3 Å². The number of anilines is 3. The minimum atomic E-state index is -0.419. The van der Waals surface area contributed by atoms with E-state index in [2.05, 4.69) is 20.2 Å². The van der Waals surface area contributed by atoms with E-state index in [9.17, 15) is 4.79 Å². The molecule has 3 aromatic rings. The molecular weight excluding hydrogens is 342 g/mol. The van der Waals surface area contributed by atoms with Gasteiger partial charge in [-0.05, 0) is 30.3 Å². The lowest BCUT2D eigenvalue weighted by molar-refractivity contribution is -0.134. The zero-order valence-corrected chi connectivity index (χ0v) is 14.9. The third kappa shape index (κ3) is 3.83. The fourth-order valence-corrected chi connectivity index (χ4v) is 3.23. The van der Waals surface area contributed by atoms with Crippen LogP contribution < -0.4 is 10.2 Å². The topological polar surface area (TPSA) is 81.6 Å². The fraction of sp³-hybridized carbons (Fsp3) is 0.250. The molecule has 0 saturated carbocycles. The van der Waals surface area contributed by atoms with Crippen molar-refractivity contribution in [2.24, 2.45) is 0 Å². The van der Waals surface area contributed by atoms with Gasteiger partial charge in [-0.2, -0.15) is 0 Å². The Balaban J connectivity index is 1.41. The standard InChI is InChI=1S/C20H21N5O2/c26-14-19(27)25-11-9-24(10-12-25)17-7-5-16(6-8-17)22-20-21-13-15-3-1-2-4-18(15)23-20/h1-8,13,26H,9-12,14H2,(H,21,22,23). The van der Waals surface area contributed by atoms with Gasteiger partial charge in [0, 0.05) is 49.1 Å². The number of para-hydroxylation sites is 1. The van der Waals surface area contributed by atoms with Crippen LogP contribution >= 0.6 is 0 Å². The molecule has 1 amide bonds. The van der Waals surface area contributed by atoms with Gasteiger partial charge in [0.1, 0.15) is 6.61 Å². The molecule has 1 aliphatic heterocycles. The Labute approximate surface area is 157 Å². The normalized spacial score (nSPS) is 14.4. The summed E-state index contributed by atoms with van der Waals surface area (Å²) < 4.78 is 0. The van der Waals surface area contributed by atoms with Crippen LogP contribution in [-0.2, 0) is 4.79 Å². The summed E-state index contributed by atoms with van der Waals surface area (Å²) in [5.74, 6) is 0.363. The second kappa shape index (κ2) is 7.59. The second-order valence-corrected chi connectivity index (χ2v) is 6.45. The highest BCUT2D eigenvalue weighted by Crippen LogP contribution is 2.22. The summed E-state index contributed by atoms with van der Waals surface area (Å²) in [5, 5.41) is 13.2. The molecule has 0 spiro atoms. The molecule has 0 aliphatic carbocycles. The van der Waals surface area contributed by atoms with Crippen molar-refractivity contribution in [3.05, 3.63) is 54.7 Å². The van der Waals surface area contributed by atoms with Crippen LogP contribution in [0.15, 0.2) is 54.7 Å². The summed E-state index contributed by atoms with van der Waals surface area (Å²) in [6, 6.07) is 16.0. The number of nitrogens with one attached hydrogen (secondary N) is 1. The van der Waals surface area contributed by atoms with E-state index in [0.29, 0.717) is 19.0 Å². The van der Waals surface area contributed by atoms with Gasteiger partial charge in [-0.3, -0.25) is 4.79 Å². The van der Waals surface area contributed by atoms with E-state index in [1.807, 2.05) is 54.7 Å². The average molecular weight is 363 g/mol. The first-order chi connectivity index (χ1) is 13.2. The number of fused-ring (bicyclic) bond motifs is 1. The summed E-state index contributed by atoms with van der Waals surface area (Å²) in [7, 11) is 0. The van der Waals surface area contributed by atoms with Crippen molar-refractivity contribution in [3.63, 3.8) is 0 Å². The molecule has 0 unspecified atom stereocenters. The number of piperazine rings is 1. The molecule has 1 aliphatic rings. The van der Waals surface area contributed by atoms with Crippen molar-refractivity contribution in [2.75, 3.05) is 43.0 Å². The number of hydrogen-bond acceptors (Lipinski definition) is 6. The van der Waals surface area contributed by atoms with Gasteiger partial charge in [-0.1, -0.05) is 18.2 Å². The first-order valence-corrected chi connectivity index (χ1v) is 8.95. The summed E-state index contributed by atoms with van der Waals surface area (Å²) >= 11 is 0. The molecule has 138 valence electrons. The third-order valence-corrected chi connectivity index (χ3v) is 4.75. The Morgan fingerprint density at radius 1 is 1.04 bits per heavy atom. The van der Waals surface area contributed by atoms with Crippen LogP contribution in [0.1, 0.15) is 0 Å². The molecule has 4 rings (SSSR count). The van der Waals surface area contributed by atoms with Crippen molar-refractivity contribution < 1.29 is 9.90 Å². The van der Waals surface area contributed by atoms with Crippen LogP contribution in [0.5, 0.6) is 0 Å². The molecule has 0 atom stereocenters. The molecule has 1 aromatic heterocycles. The number of aliphatic hydroxyl groups is 1. The summed E-state index contributed by atoms with van der Waals surface area (Å²) in [6.07, 6.45) is 1.81. The van der Waals surface area contributed by atoms with E-state index in [1.165, 1.54) is 0 Å². The van der Waals surface area contributed by atoms with E-state index < -0.39 is 6.61 Å². The van der Waals surface area contributed by atoms with Gasteiger partial charge in [0.2, 0.25) is 11.9 Å². The SMILES string of the molecule is O=C(CO)N1CCN(c2ccc(Nc3ncc4ccccc4n3)cc2)CC1. The second-order valence-electron chi connectivity index (χ2n) is 6.45. The first kappa shape index (κ1) is 17.2. The number of hydrogen-bond donors (Lipinski definition) is 2. The van der Waals surface area contributed by atoms with Crippen LogP contribution in [0.25, 0.3) is 10.9 Å². The van der Waals surface area contributed by atoms with Crippen LogP contribution in [0.3, 0.4) is 0 Å². The van der Waals surface area contributed by atoms with Crippen molar-refractivity contribution >= 4 is 34.1 Å². The highest BCUT2D eigenvalue weighted by atomic mass is 16.3. The average Bonchev–Trinajstić information content (AvgIpc) is 2.74. The largest absolute Gasteiger partial charge is 0.387 e. The maximum Gasteiger partial charge on any atom is 0.248 e. The number of rotatable bonds is 4. The Bertz CT molecular complexity index is 937. The zero-order chi connectivity index (χ0) is 18.6. The monoisotopic (exact) mass is 363 g/mol. The van der Waals surface area contributed by atoms with Crippen molar-refractivity contribution in [1.29, 1.82) is 0 Å². The number of amides is 1. The predicted molar refractivity (Wildman–Crippen MR) is 105 cm³/mol. The fourth-order valence-electron chi connectivity index (χ4n) is 3.23. The molecule has 1 saturated heterocycles. The van der Waals surface area contributed by atoms with E-state index >= 15 is 0 Å². The molecule has 0 radical (unpaired) electrons. The Morgan fingerprint density at radius 3 is 2.52 bits per heavy atom. The number of nitrogens with zero attached hydrogens (tertiary/aromatic N) is 4. The van der Waals surface area contributed by atoms with E-state index in [1.54, 1.807) is 4.90 Å². The van der Waals surface area contributed by atoms with E-state index in [4.69, 9.17) is 5.11 Å². The molecular formula is C20H21N5O2. The van der Waals surface area contributed by atoms with Gasteiger partial charge in [-0.15, -0.1) is 0 Å². The van der Waals surface area contributed by atoms with E-state index in [-0.39, 0.29) is 5.91 Å². The van der Waals surface area contributed by atoms with Gasteiger partial charge in [0.15, 0.2) is 0 Å². The Hall–Kier alpha value is -3.19. The maximum atomic E-state index is 11.5. The van der Waals surface area contributed by atoms with Crippen LogP contribution in [-0.4, -0.2) is 58.7 Å². The number of carbonyl (C=O) groups is 1. The van der Waals surface area contributed by atoms with Crippen molar-refractivity contribution in [3.8, 4) is 0 Å². The third-order valence-electron chi connectivity index (χ3n) is 4.75. The lowest BCUT2D eigenvalue weighted by Crippen LogP contribution is -2.49. The van der Waals surface area contributed by atoms with Gasteiger partial charge in [0.25, 0.3) is 0 Å². The summed E-state index contributed by atoms with van der Waals surface area (Å²) in [6.45, 7) is 2.35. The van der Waals surface area contributed by atoms with Gasteiger partial charge >= 0.3 is 0 Å². The molecule has 0 bridgehead atoms. The lowest BCUT2D eigenvalue weighted by Gasteiger charge is -2.35. The predicted octanol–water partition coefficient (Wildman–Crippen LogP) is 2.01. The van der Waals surface area contributed by atoms with Crippen LogP contribution in [0.2, 0.25) is 0 Å². The highest BCUT2D eigenvalue weighted by molar-refractivity contribution is 5.79. The van der Waals surface area contributed by atoms with Gasteiger partial charge in [-0.25, -0.2) is 9.97 Å². The molecule has 2 N–H and O–H groups in total. The number of aromatic nitrogens is 2.